The summed E-state index contributed by atoms with van der Waals surface area (Å²) in [5.41, 5.74) is 0.647. The highest BCUT2D eigenvalue weighted by Crippen LogP contribution is 2.48. The Kier molecular flexibility index (Phi) is 4.78. The first-order valence-corrected chi connectivity index (χ1v) is 6.97. The molecule has 0 radical (unpaired) electrons. The molecule has 1 saturated carbocycles. The third kappa shape index (κ3) is 2.49. The van der Waals surface area contributed by atoms with Crippen LogP contribution in [0.5, 0.6) is 0 Å². The van der Waals surface area contributed by atoms with Gasteiger partial charge in [-0.1, -0.05) is 49.0 Å². The Balaban J connectivity index is 2.49. The van der Waals surface area contributed by atoms with Gasteiger partial charge in [-0.3, -0.25) is 0 Å². The molecule has 0 spiro atoms. The number of hydrogen-bond donors (Lipinski definition) is 0. The van der Waals surface area contributed by atoms with Crippen LogP contribution in [0.15, 0.2) is 0 Å². The van der Waals surface area contributed by atoms with Gasteiger partial charge < -0.3 is 0 Å². The predicted octanol–water partition coefficient (Wildman–Crippen LogP) is 4.77. The highest BCUT2D eigenvalue weighted by molar-refractivity contribution is 9.09. The molecule has 78 valence electrons. The molecule has 1 atom stereocenters. The van der Waals surface area contributed by atoms with Crippen molar-refractivity contribution in [3.8, 4) is 0 Å². The molecule has 1 aliphatic carbocycles. The summed E-state index contributed by atoms with van der Waals surface area (Å²) in [6.07, 6.45) is 10.0. The van der Waals surface area contributed by atoms with Gasteiger partial charge in [-0.2, -0.15) is 0 Å². The minimum absolute atomic E-state index is 0.647. The van der Waals surface area contributed by atoms with Crippen molar-refractivity contribution in [2.24, 2.45) is 11.3 Å². The largest absolute Gasteiger partial charge is 0.0922 e. The van der Waals surface area contributed by atoms with Crippen molar-refractivity contribution >= 4 is 15.9 Å². The summed E-state index contributed by atoms with van der Waals surface area (Å²) < 4.78 is 0. The van der Waals surface area contributed by atoms with Gasteiger partial charge in [0.05, 0.1) is 0 Å². The smallest absolute Gasteiger partial charge is 0.00905 e. The van der Waals surface area contributed by atoms with Crippen molar-refractivity contribution in [1.29, 1.82) is 0 Å². The monoisotopic (exact) mass is 246 g/mol. The molecule has 0 saturated heterocycles. The number of halogens is 1. The maximum absolute atomic E-state index is 3.74. The van der Waals surface area contributed by atoms with E-state index >= 15 is 0 Å². The molecule has 13 heavy (non-hydrogen) atoms. The lowest BCUT2D eigenvalue weighted by Gasteiger charge is -2.44. The highest BCUT2D eigenvalue weighted by atomic mass is 79.9. The van der Waals surface area contributed by atoms with Crippen LogP contribution in [0, 0.1) is 11.3 Å². The molecule has 0 amide bonds. The molecule has 0 aromatic heterocycles. The fourth-order valence-electron chi connectivity index (χ4n) is 2.49. The van der Waals surface area contributed by atoms with E-state index in [0.717, 1.165) is 5.92 Å². The van der Waals surface area contributed by atoms with Crippen LogP contribution in [0.2, 0.25) is 0 Å². The van der Waals surface area contributed by atoms with Gasteiger partial charge in [-0.15, -0.1) is 0 Å². The average Bonchev–Trinajstić information content (AvgIpc) is 2.09. The summed E-state index contributed by atoms with van der Waals surface area (Å²) in [5, 5.41) is 1.22. The Labute approximate surface area is 91.6 Å². The van der Waals surface area contributed by atoms with E-state index in [1.54, 1.807) is 0 Å². The summed E-state index contributed by atoms with van der Waals surface area (Å²) >= 11 is 3.74. The van der Waals surface area contributed by atoms with E-state index in [4.69, 9.17) is 0 Å². The van der Waals surface area contributed by atoms with Crippen molar-refractivity contribution in [2.45, 2.75) is 58.8 Å². The van der Waals surface area contributed by atoms with Crippen molar-refractivity contribution in [3.05, 3.63) is 0 Å². The van der Waals surface area contributed by atoms with Crippen LogP contribution in [-0.2, 0) is 0 Å². The van der Waals surface area contributed by atoms with Crippen molar-refractivity contribution in [3.63, 3.8) is 0 Å². The molecule has 1 heteroatoms. The van der Waals surface area contributed by atoms with E-state index < -0.39 is 0 Å². The minimum Gasteiger partial charge on any atom is -0.0922 e. The van der Waals surface area contributed by atoms with Crippen LogP contribution in [0.1, 0.15) is 58.8 Å². The quantitative estimate of drug-likeness (QED) is 0.593. The van der Waals surface area contributed by atoms with Crippen molar-refractivity contribution < 1.29 is 0 Å². The highest BCUT2D eigenvalue weighted by Gasteiger charge is 2.38. The van der Waals surface area contributed by atoms with Crippen LogP contribution in [-0.4, -0.2) is 5.33 Å². The first kappa shape index (κ1) is 11.6. The topological polar surface area (TPSA) is 0 Å². The normalized spacial score (nSPS) is 22.4. The Morgan fingerprint density at radius 2 is 2.00 bits per heavy atom. The third-order valence-corrected chi connectivity index (χ3v) is 5.09. The fraction of sp³-hybridized carbons (Fsp3) is 1.00. The molecule has 1 aliphatic rings. The zero-order chi connectivity index (χ0) is 9.73. The molecule has 1 fully saturated rings. The maximum atomic E-state index is 3.74. The first-order chi connectivity index (χ1) is 6.29. The van der Waals surface area contributed by atoms with E-state index in [1.807, 2.05) is 0 Å². The van der Waals surface area contributed by atoms with Crippen LogP contribution < -0.4 is 0 Å². The second kappa shape index (κ2) is 5.38. The van der Waals surface area contributed by atoms with Crippen LogP contribution >= 0.6 is 15.9 Å². The summed E-state index contributed by atoms with van der Waals surface area (Å²) in [6, 6.07) is 0. The molecule has 0 aliphatic heterocycles. The van der Waals surface area contributed by atoms with Gasteiger partial charge in [0.1, 0.15) is 0 Å². The van der Waals surface area contributed by atoms with Gasteiger partial charge in [-0.05, 0) is 37.0 Å². The second-order valence-corrected chi connectivity index (χ2v) is 5.14. The summed E-state index contributed by atoms with van der Waals surface area (Å²) in [6.45, 7) is 4.67. The average molecular weight is 247 g/mol. The van der Waals surface area contributed by atoms with E-state index in [0.29, 0.717) is 5.41 Å². The molecule has 1 unspecified atom stereocenters. The van der Waals surface area contributed by atoms with Gasteiger partial charge in [0, 0.05) is 5.33 Å². The zero-order valence-electron chi connectivity index (χ0n) is 9.11. The van der Waals surface area contributed by atoms with E-state index in [-0.39, 0.29) is 0 Å². The molecule has 0 bridgehead atoms. The number of rotatable bonds is 6. The lowest BCUT2D eigenvalue weighted by atomic mass is 9.63. The van der Waals surface area contributed by atoms with Gasteiger partial charge in [0.15, 0.2) is 0 Å². The van der Waals surface area contributed by atoms with E-state index in [9.17, 15) is 0 Å². The molecule has 0 N–H and O–H groups in total. The van der Waals surface area contributed by atoms with Gasteiger partial charge in [0.25, 0.3) is 0 Å². The summed E-state index contributed by atoms with van der Waals surface area (Å²) in [5.74, 6) is 1.03. The lowest BCUT2D eigenvalue weighted by molar-refractivity contribution is 0.0903. The Morgan fingerprint density at radius 3 is 2.31 bits per heavy atom. The van der Waals surface area contributed by atoms with Gasteiger partial charge in [-0.25, -0.2) is 0 Å². The molecule has 0 nitrogen and oxygen atoms in total. The second-order valence-electron chi connectivity index (χ2n) is 4.58. The Morgan fingerprint density at radius 1 is 1.31 bits per heavy atom. The number of hydrogen-bond acceptors (Lipinski definition) is 0. The fourth-order valence-corrected chi connectivity index (χ4v) is 3.62. The predicted molar refractivity (Wildman–Crippen MR) is 63.4 cm³/mol. The van der Waals surface area contributed by atoms with Gasteiger partial charge >= 0.3 is 0 Å². The molecular weight excluding hydrogens is 224 g/mol. The Bertz CT molecular complexity index is 134. The van der Waals surface area contributed by atoms with Gasteiger partial charge in [0.2, 0.25) is 0 Å². The van der Waals surface area contributed by atoms with Crippen molar-refractivity contribution in [1.82, 2.24) is 0 Å². The number of unbranched alkanes of at least 4 members (excludes halogenated alkanes) is 1. The van der Waals surface area contributed by atoms with E-state index in [2.05, 4.69) is 29.8 Å². The third-order valence-electron chi connectivity index (χ3n) is 3.97. The summed E-state index contributed by atoms with van der Waals surface area (Å²) in [4.78, 5) is 0. The Hall–Kier alpha value is 0.480. The first-order valence-electron chi connectivity index (χ1n) is 5.85. The number of alkyl halides is 1. The van der Waals surface area contributed by atoms with Crippen LogP contribution in [0.4, 0.5) is 0 Å². The molecule has 0 aromatic rings. The minimum atomic E-state index is 0.647. The standard InChI is InChI=1S/C12H23Br/c1-3-5-9-12(4-2,10-13)11-7-6-8-11/h11H,3-10H2,1-2H3. The van der Waals surface area contributed by atoms with Crippen LogP contribution in [0.3, 0.4) is 0 Å². The molecule has 1 rings (SSSR count). The lowest BCUT2D eigenvalue weighted by Crippen LogP contribution is -2.36. The van der Waals surface area contributed by atoms with E-state index in [1.165, 1.54) is 50.3 Å². The zero-order valence-corrected chi connectivity index (χ0v) is 10.7. The molecular formula is C12H23Br. The summed E-state index contributed by atoms with van der Waals surface area (Å²) in [7, 11) is 0. The van der Waals surface area contributed by atoms with Crippen molar-refractivity contribution in [2.75, 3.05) is 5.33 Å². The molecule has 0 heterocycles. The van der Waals surface area contributed by atoms with Crippen LogP contribution in [0.25, 0.3) is 0 Å². The SMILES string of the molecule is CCCCC(CC)(CBr)C1CCC1. The molecule has 0 aromatic carbocycles. The maximum Gasteiger partial charge on any atom is 0.00905 e.